The predicted octanol–water partition coefficient (Wildman–Crippen LogP) is 5.78. The van der Waals surface area contributed by atoms with Crippen LogP contribution in [0.3, 0.4) is 0 Å². The van der Waals surface area contributed by atoms with Gasteiger partial charge in [0.05, 0.1) is 12.1 Å². The fourth-order valence-electron chi connectivity index (χ4n) is 3.78. The number of aryl methyl sites for hydroxylation is 1. The third-order valence-corrected chi connectivity index (χ3v) is 5.66. The Morgan fingerprint density at radius 2 is 1.73 bits per heavy atom. The fraction of sp³-hybridized carbons (Fsp3) is 0.360. The summed E-state index contributed by atoms with van der Waals surface area (Å²) in [5.74, 6) is -0.880. The van der Waals surface area contributed by atoms with Gasteiger partial charge < -0.3 is 9.64 Å². The molecule has 3 rings (SSSR count). The molecular weight excluding hydrogens is 398 g/mol. The minimum Gasteiger partial charge on any atom is -0.457 e. The Morgan fingerprint density at radius 3 is 2.37 bits per heavy atom. The molecule has 2 aromatic carbocycles. The molecule has 0 aliphatic carbocycles. The maximum atomic E-state index is 13.2. The third-order valence-electron chi connectivity index (χ3n) is 5.31. The standard InChI is InChI=1S/C25H28ClNO3/c1-16-10-6-7-11-18(16)15-27-17(2)23(24(29)30-25(3,4)5)20(14-22(27)28)19-12-8-9-13-21(19)26/h6-13,20H,14-15H2,1-5H3. The van der Waals surface area contributed by atoms with Crippen molar-refractivity contribution in [2.45, 2.75) is 59.1 Å². The van der Waals surface area contributed by atoms with Crippen molar-refractivity contribution in [1.82, 2.24) is 4.90 Å². The molecular formula is C25H28ClNO3. The molecule has 158 valence electrons. The van der Waals surface area contributed by atoms with Gasteiger partial charge in [0.15, 0.2) is 0 Å². The van der Waals surface area contributed by atoms with Crippen LogP contribution in [0.1, 0.15) is 56.7 Å². The van der Waals surface area contributed by atoms with Gasteiger partial charge in [0.25, 0.3) is 0 Å². The predicted molar refractivity (Wildman–Crippen MR) is 119 cm³/mol. The van der Waals surface area contributed by atoms with Crippen molar-refractivity contribution in [2.24, 2.45) is 0 Å². The summed E-state index contributed by atoms with van der Waals surface area (Å²) in [7, 11) is 0. The summed E-state index contributed by atoms with van der Waals surface area (Å²) in [6.07, 6.45) is 0.168. The Balaban J connectivity index is 2.09. The second kappa shape index (κ2) is 8.65. The molecule has 4 nitrogen and oxygen atoms in total. The minimum absolute atomic E-state index is 0.0343. The number of nitrogens with zero attached hydrogens (tertiary/aromatic N) is 1. The van der Waals surface area contributed by atoms with Gasteiger partial charge in [-0.05, 0) is 57.4 Å². The number of ether oxygens (including phenoxy) is 1. The van der Waals surface area contributed by atoms with E-state index in [0.29, 0.717) is 22.8 Å². The summed E-state index contributed by atoms with van der Waals surface area (Å²) < 4.78 is 5.72. The Kier molecular flexibility index (Phi) is 6.37. The maximum absolute atomic E-state index is 13.2. The lowest BCUT2D eigenvalue weighted by molar-refractivity contribution is -0.150. The Labute approximate surface area is 183 Å². The number of esters is 1. The first-order chi connectivity index (χ1) is 14.1. The number of hydrogen-bond acceptors (Lipinski definition) is 3. The average Bonchev–Trinajstić information content (AvgIpc) is 2.65. The number of allylic oxidation sites excluding steroid dienone is 1. The van der Waals surface area contributed by atoms with Gasteiger partial charge in [-0.15, -0.1) is 0 Å². The topological polar surface area (TPSA) is 46.6 Å². The molecule has 0 N–H and O–H groups in total. The molecule has 1 heterocycles. The molecule has 1 atom stereocenters. The highest BCUT2D eigenvalue weighted by Crippen LogP contribution is 2.40. The monoisotopic (exact) mass is 425 g/mol. The van der Waals surface area contributed by atoms with Crippen LogP contribution in [0, 0.1) is 6.92 Å². The second-order valence-corrected chi connectivity index (χ2v) is 9.09. The van der Waals surface area contributed by atoms with Crippen LogP contribution in [0.2, 0.25) is 5.02 Å². The van der Waals surface area contributed by atoms with E-state index in [2.05, 4.69) is 0 Å². The van der Waals surface area contributed by atoms with E-state index in [-0.39, 0.29) is 12.3 Å². The van der Waals surface area contributed by atoms with Crippen molar-refractivity contribution in [3.05, 3.63) is 81.5 Å². The van der Waals surface area contributed by atoms with Gasteiger partial charge in [-0.3, -0.25) is 4.79 Å². The van der Waals surface area contributed by atoms with Crippen LogP contribution >= 0.6 is 11.6 Å². The molecule has 1 aliphatic heterocycles. The number of rotatable bonds is 4. The molecule has 0 aromatic heterocycles. The highest BCUT2D eigenvalue weighted by molar-refractivity contribution is 6.31. The number of amides is 1. The van der Waals surface area contributed by atoms with E-state index < -0.39 is 17.5 Å². The van der Waals surface area contributed by atoms with Crippen molar-refractivity contribution in [2.75, 3.05) is 0 Å². The van der Waals surface area contributed by atoms with Crippen molar-refractivity contribution in [1.29, 1.82) is 0 Å². The van der Waals surface area contributed by atoms with Crippen molar-refractivity contribution in [3.8, 4) is 0 Å². The van der Waals surface area contributed by atoms with Gasteiger partial charge in [-0.2, -0.15) is 0 Å². The molecule has 0 radical (unpaired) electrons. The highest BCUT2D eigenvalue weighted by atomic mass is 35.5. The second-order valence-electron chi connectivity index (χ2n) is 8.69. The van der Waals surface area contributed by atoms with Crippen LogP contribution in [0.15, 0.2) is 59.8 Å². The lowest BCUT2D eigenvalue weighted by atomic mass is 9.83. The van der Waals surface area contributed by atoms with Crippen molar-refractivity contribution >= 4 is 23.5 Å². The summed E-state index contributed by atoms with van der Waals surface area (Å²) in [6, 6.07) is 15.3. The number of carbonyl (C=O) groups excluding carboxylic acids is 2. The Hall–Kier alpha value is -2.59. The summed E-state index contributed by atoms with van der Waals surface area (Å²) in [5, 5.41) is 0.538. The molecule has 0 saturated heterocycles. The first-order valence-electron chi connectivity index (χ1n) is 10.1. The van der Waals surface area contributed by atoms with Crippen molar-refractivity contribution < 1.29 is 14.3 Å². The van der Waals surface area contributed by atoms with E-state index in [4.69, 9.17) is 16.3 Å². The molecule has 1 aliphatic rings. The quantitative estimate of drug-likeness (QED) is 0.583. The largest absolute Gasteiger partial charge is 0.457 e. The van der Waals surface area contributed by atoms with Crippen LogP contribution < -0.4 is 0 Å². The van der Waals surface area contributed by atoms with Crippen molar-refractivity contribution in [3.63, 3.8) is 0 Å². The van der Waals surface area contributed by atoms with Gasteiger partial charge in [0.2, 0.25) is 5.91 Å². The maximum Gasteiger partial charge on any atom is 0.336 e. The van der Waals surface area contributed by atoms with Crippen LogP contribution in [0.4, 0.5) is 0 Å². The molecule has 0 saturated carbocycles. The lowest BCUT2D eigenvalue weighted by Gasteiger charge is -2.36. The molecule has 0 bridgehead atoms. The van der Waals surface area contributed by atoms with E-state index in [1.165, 1.54) is 0 Å². The summed E-state index contributed by atoms with van der Waals surface area (Å²) >= 11 is 6.44. The molecule has 0 fully saturated rings. The number of halogens is 1. The number of hydrogen-bond donors (Lipinski definition) is 0. The van der Waals surface area contributed by atoms with E-state index in [1.807, 2.05) is 77.1 Å². The zero-order valence-electron chi connectivity index (χ0n) is 18.2. The minimum atomic E-state index is -0.641. The number of benzene rings is 2. The van der Waals surface area contributed by atoms with Gasteiger partial charge in [0, 0.05) is 23.1 Å². The first kappa shape index (κ1) is 22.1. The first-order valence-corrected chi connectivity index (χ1v) is 10.5. The number of carbonyl (C=O) groups is 2. The molecule has 5 heteroatoms. The molecule has 2 aromatic rings. The highest BCUT2D eigenvalue weighted by Gasteiger charge is 2.38. The molecule has 1 unspecified atom stereocenters. The Bertz CT molecular complexity index is 1000. The molecule has 1 amide bonds. The van der Waals surface area contributed by atoms with E-state index in [1.54, 1.807) is 11.0 Å². The van der Waals surface area contributed by atoms with E-state index >= 15 is 0 Å². The summed E-state index contributed by atoms with van der Waals surface area (Å²) in [4.78, 5) is 28.1. The van der Waals surface area contributed by atoms with Crippen LogP contribution in [-0.2, 0) is 20.9 Å². The molecule has 0 spiro atoms. The SMILES string of the molecule is CC1=C(C(=O)OC(C)(C)C)C(c2ccccc2Cl)CC(=O)N1Cc1ccccc1C. The molecule has 30 heavy (non-hydrogen) atoms. The van der Waals surface area contributed by atoms with Gasteiger partial charge in [-0.25, -0.2) is 4.79 Å². The Morgan fingerprint density at radius 1 is 1.10 bits per heavy atom. The third kappa shape index (κ3) is 4.76. The van der Waals surface area contributed by atoms with Gasteiger partial charge in [-0.1, -0.05) is 54.1 Å². The normalized spacial score (nSPS) is 17.3. The van der Waals surface area contributed by atoms with Gasteiger partial charge in [0.1, 0.15) is 5.60 Å². The fourth-order valence-corrected chi connectivity index (χ4v) is 4.05. The zero-order valence-corrected chi connectivity index (χ0v) is 18.9. The van der Waals surface area contributed by atoms with Crippen LogP contribution in [0.25, 0.3) is 0 Å². The van der Waals surface area contributed by atoms with Crippen LogP contribution in [0.5, 0.6) is 0 Å². The summed E-state index contributed by atoms with van der Waals surface area (Å²) in [6.45, 7) is 9.76. The lowest BCUT2D eigenvalue weighted by Crippen LogP contribution is -2.39. The van der Waals surface area contributed by atoms with E-state index in [0.717, 1.165) is 16.7 Å². The average molecular weight is 426 g/mol. The summed E-state index contributed by atoms with van der Waals surface area (Å²) in [5.41, 5.74) is 3.38. The smallest absolute Gasteiger partial charge is 0.336 e. The van der Waals surface area contributed by atoms with Gasteiger partial charge >= 0.3 is 5.97 Å². The zero-order chi connectivity index (χ0) is 22.1. The van der Waals surface area contributed by atoms with Crippen LogP contribution in [-0.4, -0.2) is 22.4 Å². The van der Waals surface area contributed by atoms with E-state index in [9.17, 15) is 9.59 Å².